The van der Waals surface area contributed by atoms with Crippen LogP contribution in [0.5, 0.6) is 5.75 Å². The van der Waals surface area contributed by atoms with Crippen LogP contribution in [0, 0.1) is 0 Å². The highest BCUT2D eigenvalue weighted by atomic mass is 16.5. The Balaban J connectivity index is 1.90. The Hall–Kier alpha value is -2.80. The fraction of sp³-hybridized carbons (Fsp3) is 0.455. The maximum absolute atomic E-state index is 13.5. The van der Waals surface area contributed by atoms with E-state index in [4.69, 9.17) is 4.74 Å². The van der Waals surface area contributed by atoms with Crippen molar-refractivity contribution in [1.82, 2.24) is 9.58 Å². The Morgan fingerprint density at radius 3 is 2.48 bits per heavy atom. The SMILES string of the molecule is COCCN1C(=O)c2c(O)c(=O)ccn2N(Cc2ccccc2)C12CCCCC2. The molecule has 1 amide bonds. The molecule has 1 saturated carbocycles. The molecule has 7 heteroatoms. The molecule has 0 radical (unpaired) electrons. The number of carbonyl (C=O) groups excluding carboxylic acids is 1. The molecule has 0 bridgehead atoms. The van der Waals surface area contributed by atoms with Crippen molar-refractivity contribution < 1.29 is 14.6 Å². The number of aromatic nitrogens is 1. The van der Waals surface area contributed by atoms with Crippen molar-refractivity contribution in [3.8, 4) is 5.75 Å². The first kappa shape index (κ1) is 19.5. The zero-order valence-electron chi connectivity index (χ0n) is 16.7. The van der Waals surface area contributed by atoms with Crippen molar-refractivity contribution >= 4 is 5.91 Å². The Kier molecular flexibility index (Phi) is 5.32. The summed E-state index contributed by atoms with van der Waals surface area (Å²) in [6, 6.07) is 11.4. The largest absolute Gasteiger partial charge is 0.502 e. The smallest absolute Gasteiger partial charge is 0.278 e. The number of hydrogen-bond acceptors (Lipinski definition) is 5. The van der Waals surface area contributed by atoms with Crippen molar-refractivity contribution in [2.75, 3.05) is 25.3 Å². The topological polar surface area (TPSA) is 75.0 Å². The summed E-state index contributed by atoms with van der Waals surface area (Å²) in [7, 11) is 1.61. The van der Waals surface area contributed by atoms with Gasteiger partial charge in [-0.05, 0) is 31.2 Å². The second-order valence-electron chi connectivity index (χ2n) is 7.76. The maximum atomic E-state index is 13.5. The van der Waals surface area contributed by atoms with E-state index in [1.54, 1.807) is 18.0 Å². The average molecular weight is 397 g/mol. The van der Waals surface area contributed by atoms with E-state index < -0.39 is 16.8 Å². The summed E-state index contributed by atoms with van der Waals surface area (Å²) in [4.78, 5) is 27.4. The van der Waals surface area contributed by atoms with Crippen LogP contribution in [-0.4, -0.2) is 46.5 Å². The van der Waals surface area contributed by atoms with Gasteiger partial charge in [0.05, 0.1) is 13.2 Å². The van der Waals surface area contributed by atoms with E-state index in [-0.39, 0.29) is 11.6 Å². The molecule has 1 aliphatic heterocycles. The van der Waals surface area contributed by atoms with E-state index in [1.807, 2.05) is 23.1 Å². The minimum absolute atomic E-state index is 0.0285. The number of pyridine rings is 1. The maximum Gasteiger partial charge on any atom is 0.278 e. The lowest BCUT2D eigenvalue weighted by Crippen LogP contribution is -2.71. The number of amides is 1. The van der Waals surface area contributed by atoms with Crippen LogP contribution >= 0.6 is 0 Å². The van der Waals surface area contributed by atoms with Gasteiger partial charge in [-0.1, -0.05) is 36.8 Å². The molecule has 154 valence electrons. The molecule has 0 atom stereocenters. The molecule has 2 aromatic rings. The summed E-state index contributed by atoms with van der Waals surface area (Å²) in [6.45, 7) is 1.36. The highest BCUT2D eigenvalue weighted by Crippen LogP contribution is 2.41. The van der Waals surface area contributed by atoms with Gasteiger partial charge in [-0.15, -0.1) is 0 Å². The first-order valence-corrected chi connectivity index (χ1v) is 10.2. The van der Waals surface area contributed by atoms with Crippen LogP contribution in [0.1, 0.15) is 48.2 Å². The van der Waals surface area contributed by atoms with Crippen molar-refractivity contribution in [2.45, 2.75) is 44.3 Å². The number of ether oxygens (including phenoxy) is 1. The van der Waals surface area contributed by atoms with Gasteiger partial charge in [0.1, 0.15) is 5.66 Å². The van der Waals surface area contributed by atoms with Gasteiger partial charge >= 0.3 is 0 Å². The van der Waals surface area contributed by atoms with Crippen LogP contribution in [0.15, 0.2) is 47.4 Å². The minimum Gasteiger partial charge on any atom is -0.502 e. The van der Waals surface area contributed by atoms with Crippen LogP contribution in [0.25, 0.3) is 0 Å². The van der Waals surface area contributed by atoms with Gasteiger partial charge in [0.2, 0.25) is 5.43 Å². The molecule has 4 rings (SSSR count). The molecule has 2 aliphatic rings. The predicted octanol–water partition coefficient (Wildman–Crippen LogP) is 2.45. The monoisotopic (exact) mass is 397 g/mol. The number of rotatable bonds is 5. The van der Waals surface area contributed by atoms with Crippen LogP contribution in [-0.2, 0) is 11.3 Å². The molecule has 1 fully saturated rings. The summed E-state index contributed by atoms with van der Waals surface area (Å²) >= 11 is 0. The third kappa shape index (κ3) is 3.29. The van der Waals surface area contributed by atoms with E-state index in [0.717, 1.165) is 37.7 Å². The first-order chi connectivity index (χ1) is 14.1. The quantitative estimate of drug-likeness (QED) is 0.839. The van der Waals surface area contributed by atoms with E-state index >= 15 is 0 Å². The van der Waals surface area contributed by atoms with E-state index in [9.17, 15) is 14.7 Å². The van der Waals surface area contributed by atoms with Crippen LogP contribution in [0.4, 0.5) is 0 Å². The third-order valence-electron chi connectivity index (χ3n) is 6.09. The van der Waals surface area contributed by atoms with E-state index in [2.05, 4.69) is 17.1 Å². The Labute approximate surface area is 170 Å². The van der Waals surface area contributed by atoms with E-state index in [1.165, 1.54) is 6.07 Å². The van der Waals surface area contributed by atoms with Crippen LogP contribution in [0.3, 0.4) is 0 Å². The van der Waals surface area contributed by atoms with Gasteiger partial charge < -0.3 is 14.7 Å². The molecule has 1 aromatic heterocycles. The molecule has 7 nitrogen and oxygen atoms in total. The molecular weight excluding hydrogens is 370 g/mol. The van der Waals surface area contributed by atoms with Crippen LogP contribution in [0.2, 0.25) is 0 Å². The Morgan fingerprint density at radius 1 is 1.07 bits per heavy atom. The summed E-state index contributed by atoms with van der Waals surface area (Å²) in [6.07, 6.45) is 6.45. The molecule has 1 aromatic carbocycles. The van der Waals surface area contributed by atoms with Crippen LogP contribution < -0.4 is 10.4 Å². The number of carbonyl (C=O) groups is 1. The zero-order chi connectivity index (χ0) is 20.4. The molecule has 0 saturated heterocycles. The molecule has 29 heavy (non-hydrogen) atoms. The number of aromatic hydroxyl groups is 1. The van der Waals surface area contributed by atoms with Crippen molar-refractivity contribution in [1.29, 1.82) is 0 Å². The second-order valence-corrected chi connectivity index (χ2v) is 7.76. The van der Waals surface area contributed by atoms with Crippen molar-refractivity contribution in [3.63, 3.8) is 0 Å². The van der Waals surface area contributed by atoms with Crippen molar-refractivity contribution in [2.24, 2.45) is 0 Å². The number of hydrogen-bond donors (Lipinski definition) is 1. The van der Waals surface area contributed by atoms with E-state index in [0.29, 0.717) is 19.7 Å². The zero-order valence-corrected chi connectivity index (χ0v) is 16.7. The highest BCUT2D eigenvalue weighted by Gasteiger charge is 2.51. The van der Waals surface area contributed by atoms with Gasteiger partial charge in [-0.3, -0.25) is 19.3 Å². The number of methoxy groups -OCH3 is 1. The number of nitrogens with zero attached hydrogens (tertiary/aromatic N) is 3. The second kappa shape index (κ2) is 7.91. The Morgan fingerprint density at radius 2 is 1.79 bits per heavy atom. The summed E-state index contributed by atoms with van der Waals surface area (Å²) in [5, 5.41) is 12.6. The third-order valence-corrected chi connectivity index (χ3v) is 6.09. The molecule has 1 aliphatic carbocycles. The summed E-state index contributed by atoms with van der Waals surface area (Å²) in [5.41, 5.74) is 0.0667. The molecule has 1 N–H and O–H groups in total. The Bertz CT molecular complexity index is 935. The van der Waals surface area contributed by atoms with Gasteiger partial charge in [0.15, 0.2) is 11.4 Å². The van der Waals surface area contributed by atoms with Gasteiger partial charge in [0.25, 0.3) is 5.91 Å². The minimum atomic E-state index is -0.546. The first-order valence-electron chi connectivity index (χ1n) is 10.2. The fourth-order valence-electron chi connectivity index (χ4n) is 4.69. The number of fused-ring (bicyclic) bond motifs is 1. The average Bonchev–Trinajstić information content (AvgIpc) is 2.75. The normalized spacial score (nSPS) is 18.2. The molecule has 1 spiro atoms. The lowest BCUT2D eigenvalue weighted by atomic mass is 9.85. The molecular formula is C22H27N3O4. The molecule has 0 unspecified atom stereocenters. The molecule has 2 heterocycles. The van der Waals surface area contributed by atoms with Gasteiger partial charge in [-0.25, -0.2) is 0 Å². The van der Waals surface area contributed by atoms with Gasteiger partial charge in [0, 0.05) is 25.9 Å². The lowest BCUT2D eigenvalue weighted by molar-refractivity contribution is -0.00228. The highest BCUT2D eigenvalue weighted by molar-refractivity contribution is 5.97. The summed E-state index contributed by atoms with van der Waals surface area (Å²) in [5.74, 6) is -0.813. The lowest BCUT2D eigenvalue weighted by Gasteiger charge is -2.57. The van der Waals surface area contributed by atoms with Gasteiger partial charge in [-0.2, -0.15) is 0 Å². The standard InChI is InChI=1S/C22H27N3O4/c1-29-15-14-23-21(28)19-20(27)18(26)10-13-24(19)25(16-17-8-4-2-5-9-17)22(23)11-6-3-7-12-22/h2,4-5,8-10,13,27H,3,6-7,11-12,14-16H2,1H3. The fourth-order valence-corrected chi connectivity index (χ4v) is 4.69. The number of benzene rings is 1. The predicted molar refractivity (Wildman–Crippen MR) is 109 cm³/mol. The summed E-state index contributed by atoms with van der Waals surface area (Å²) < 4.78 is 6.97. The van der Waals surface area contributed by atoms with Crippen molar-refractivity contribution in [3.05, 3.63) is 64.1 Å².